The molecule has 0 bridgehead atoms. The summed E-state index contributed by atoms with van der Waals surface area (Å²) in [5, 5.41) is 0. The van der Waals surface area contributed by atoms with Crippen LogP contribution >= 0.6 is 12.4 Å². The lowest BCUT2D eigenvalue weighted by Gasteiger charge is -2.06. The van der Waals surface area contributed by atoms with E-state index in [1.54, 1.807) is 18.6 Å². The monoisotopic (exact) mass is 205 g/mol. The van der Waals surface area contributed by atoms with E-state index in [1.807, 2.05) is 0 Å². The average molecular weight is 206 g/mol. The van der Waals surface area contributed by atoms with Gasteiger partial charge in [-0.2, -0.15) is 0 Å². The molecule has 0 saturated carbocycles. The fraction of sp³-hybridized carbons (Fsp3) is 0.375. The van der Waals surface area contributed by atoms with Crippen LogP contribution in [0.25, 0.3) is 0 Å². The van der Waals surface area contributed by atoms with Crippen molar-refractivity contribution in [2.75, 3.05) is 7.11 Å². The number of halogens is 1. The standard InChI is InChI=1S/C8H11NO3.ClH/c1-11-8(10)7(9)4-6-2-3-12-5-6;/h2-3,5,7H,4,9H2,1H3;1H. The zero-order valence-electron chi connectivity index (χ0n) is 7.23. The van der Waals surface area contributed by atoms with E-state index in [0.29, 0.717) is 6.42 Å². The Morgan fingerprint density at radius 3 is 2.92 bits per heavy atom. The molecule has 4 nitrogen and oxygen atoms in total. The quantitative estimate of drug-likeness (QED) is 0.740. The van der Waals surface area contributed by atoms with Crippen LogP contribution in [0.15, 0.2) is 23.0 Å². The molecule has 0 radical (unpaired) electrons. The Labute approximate surface area is 82.5 Å². The second-order valence-electron chi connectivity index (χ2n) is 2.47. The number of hydrogen-bond acceptors (Lipinski definition) is 4. The van der Waals surface area contributed by atoms with Gasteiger partial charge >= 0.3 is 5.97 Å². The largest absolute Gasteiger partial charge is 0.472 e. The number of hydrogen-bond donors (Lipinski definition) is 1. The highest BCUT2D eigenvalue weighted by Gasteiger charge is 2.14. The van der Waals surface area contributed by atoms with Gasteiger partial charge in [-0.1, -0.05) is 0 Å². The van der Waals surface area contributed by atoms with Gasteiger partial charge < -0.3 is 14.9 Å². The predicted octanol–water partition coefficient (Wildman–Crippen LogP) is 0.744. The zero-order chi connectivity index (χ0) is 8.97. The van der Waals surface area contributed by atoms with Crippen molar-refractivity contribution in [1.82, 2.24) is 0 Å². The Hall–Kier alpha value is -1.00. The normalized spacial score (nSPS) is 11.5. The Morgan fingerprint density at radius 1 is 1.77 bits per heavy atom. The molecular weight excluding hydrogens is 194 g/mol. The van der Waals surface area contributed by atoms with Gasteiger partial charge in [-0.25, -0.2) is 0 Å². The molecule has 0 aliphatic carbocycles. The summed E-state index contributed by atoms with van der Waals surface area (Å²) in [5.41, 5.74) is 6.40. The van der Waals surface area contributed by atoms with E-state index in [-0.39, 0.29) is 12.4 Å². The van der Waals surface area contributed by atoms with Gasteiger partial charge in [0.1, 0.15) is 6.04 Å². The van der Waals surface area contributed by atoms with Crippen LogP contribution < -0.4 is 5.73 Å². The van der Waals surface area contributed by atoms with Crippen molar-refractivity contribution in [2.24, 2.45) is 5.73 Å². The number of esters is 1. The maximum absolute atomic E-state index is 10.9. The van der Waals surface area contributed by atoms with E-state index in [2.05, 4.69) is 4.74 Å². The topological polar surface area (TPSA) is 65.5 Å². The fourth-order valence-corrected chi connectivity index (χ4v) is 0.897. The maximum Gasteiger partial charge on any atom is 0.322 e. The summed E-state index contributed by atoms with van der Waals surface area (Å²) in [6.45, 7) is 0. The van der Waals surface area contributed by atoms with Crippen LogP contribution in [0.4, 0.5) is 0 Å². The number of rotatable bonds is 3. The molecule has 5 heteroatoms. The SMILES string of the molecule is COC(=O)C(N)Cc1ccoc1.Cl. The van der Waals surface area contributed by atoms with Crippen molar-refractivity contribution in [3.05, 3.63) is 24.2 Å². The first kappa shape index (κ1) is 12.0. The van der Waals surface area contributed by atoms with Crippen LogP contribution in [0, 0.1) is 0 Å². The van der Waals surface area contributed by atoms with Crippen molar-refractivity contribution in [3.63, 3.8) is 0 Å². The van der Waals surface area contributed by atoms with Gasteiger partial charge in [0.2, 0.25) is 0 Å². The van der Waals surface area contributed by atoms with Gasteiger partial charge in [0.05, 0.1) is 19.6 Å². The van der Waals surface area contributed by atoms with Crippen LogP contribution in [-0.4, -0.2) is 19.1 Å². The van der Waals surface area contributed by atoms with Crippen LogP contribution in [0.2, 0.25) is 0 Å². The Kier molecular flexibility index (Phi) is 5.18. The molecule has 1 unspecified atom stereocenters. The molecular formula is C8H12ClNO3. The van der Waals surface area contributed by atoms with Crippen LogP contribution in [0.3, 0.4) is 0 Å². The molecule has 1 rings (SSSR count). The molecule has 1 aromatic rings. The Morgan fingerprint density at radius 2 is 2.46 bits per heavy atom. The van der Waals surface area contributed by atoms with E-state index < -0.39 is 12.0 Å². The van der Waals surface area contributed by atoms with Crippen molar-refractivity contribution < 1.29 is 13.9 Å². The Bertz CT molecular complexity index is 248. The molecule has 0 aromatic carbocycles. The molecule has 0 fully saturated rings. The molecule has 0 aliphatic rings. The second kappa shape index (κ2) is 5.61. The highest BCUT2D eigenvalue weighted by atomic mass is 35.5. The number of ether oxygens (including phenoxy) is 1. The van der Waals surface area contributed by atoms with E-state index in [0.717, 1.165) is 5.56 Å². The molecule has 0 amide bonds. The van der Waals surface area contributed by atoms with Crippen LogP contribution in [0.1, 0.15) is 5.56 Å². The molecule has 1 atom stereocenters. The van der Waals surface area contributed by atoms with Crippen LogP contribution in [0.5, 0.6) is 0 Å². The molecule has 0 spiro atoms. The summed E-state index contributed by atoms with van der Waals surface area (Å²) in [4.78, 5) is 10.9. The van der Waals surface area contributed by atoms with Gasteiger partial charge in [0.25, 0.3) is 0 Å². The molecule has 74 valence electrons. The molecule has 1 aromatic heterocycles. The van der Waals surface area contributed by atoms with Crippen molar-refractivity contribution >= 4 is 18.4 Å². The first-order valence-corrected chi connectivity index (χ1v) is 3.58. The smallest absolute Gasteiger partial charge is 0.322 e. The van der Waals surface area contributed by atoms with Crippen LogP contribution in [-0.2, 0) is 16.0 Å². The van der Waals surface area contributed by atoms with E-state index in [9.17, 15) is 4.79 Å². The van der Waals surface area contributed by atoms with E-state index in [4.69, 9.17) is 10.2 Å². The molecule has 2 N–H and O–H groups in total. The maximum atomic E-state index is 10.9. The molecule has 0 saturated heterocycles. The summed E-state index contributed by atoms with van der Waals surface area (Å²) in [5.74, 6) is -0.406. The molecule has 13 heavy (non-hydrogen) atoms. The van der Waals surface area contributed by atoms with E-state index in [1.165, 1.54) is 7.11 Å². The minimum Gasteiger partial charge on any atom is -0.472 e. The third-order valence-corrected chi connectivity index (χ3v) is 1.54. The number of nitrogens with two attached hydrogens (primary N) is 1. The third-order valence-electron chi connectivity index (χ3n) is 1.54. The zero-order valence-corrected chi connectivity index (χ0v) is 8.04. The third kappa shape index (κ3) is 3.48. The molecule has 1 heterocycles. The Balaban J connectivity index is 0.00000144. The predicted molar refractivity (Wildman–Crippen MR) is 49.7 cm³/mol. The fourth-order valence-electron chi connectivity index (χ4n) is 0.897. The average Bonchev–Trinajstić information content (AvgIpc) is 2.55. The van der Waals surface area contributed by atoms with Gasteiger partial charge in [-0.05, 0) is 11.6 Å². The lowest BCUT2D eigenvalue weighted by atomic mass is 10.1. The summed E-state index contributed by atoms with van der Waals surface area (Å²) < 4.78 is 9.29. The number of carbonyl (C=O) groups excluding carboxylic acids is 1. The van der Waals surface area contributed by atoms with Gasteiger partial charge in [0, 0.05) is 6.42 Å². The van der Waals surface area contributed by atoms with Crippen molar-refractivity contribution in [2.45, 2.75) is 12.5 Å². The lowest BCUT2D eigenvalue weighted by Crippen LogP contribution is -2.33. The molecule has 0 aliphatic heterocycles. The van der Waals surface area contributed by atoms with Gasteiger partial charge in [-0.3, -0.25) is 4.79 Å². The minimum absolute atomic E-state index is 0. The van der Waals surface area contributed by atoms with Gasteiger partial charge in [0.15, 0.2) is 0 Å². The summed E-state index contributed by atoms with van der Waals surface area (Å²) in [6.07, 6.45) is 3.55. The van der Waals surface area contributed by atoms with Gasteiger partial charge in [-0.15, -0.1) is 12.4 Å². The summed E-state index contributed by atoms with van der Waals surface area (Å²) in [7, 11) is 1.32. The van der Waals surface area contributed by atoms with E-state index >= 15 is 0 Å². The number of furan rings is 1. The first-order chi connectivity index (χ1) is 5.74. The van der Waals surface area contributed by atoms with Crippen molar-refractivity contribution in [1.29, 1.82) is 0 Å². The highest BCUT2D eigenvalue weighted by molar-refractivity contribution is 5.85. The lowest BCUT2D eigenvalue weighted by molar-refractivity contribution is -0.142. The summed E-state index contributed by atoms with van der Waals surface area (Å²) >= 11 is 0. The minimum atomic E-state index is -0.604. The first-order valence-electron chi connectivity index (χ1n) is 3.58. The number of carbonyl (C=O) groups is 1. The number of methoxy groups -OCH3 is 1. The highest BCUT2D eigenvalue weighted by Crippen LogP contribution is 2.03. The van der Waals surface area contributed by atoms with Crippen molar-refractivity contribution in [3.8, 4) is 0 Å². The second-order valence-corrected chi connectivity index (χ2v) is 2.47. The summed E-state index contributed by atoms with van der Waals surface area (Å²) in [6, 6.07) is 1.16.